The number of hydrogen-bond donors (Lipinski definition) is 1. The molecule has 10 nitrogen and oxygen atoms in total. The van der Waals surface area contributed by atoms with Crippen LogP contribution in [0.25, 0.3) is 16.2 Å². The number of piperazine rings is 1. The number of carbonyl (C=O) groups is 1. The number of hydrogen-bond acceptors (Lipinski definition) is 9. The lowest BCUT2D eigenvalue weighted by atomic mass is 9.78. The molecule has 3 heterocycles. The van der Waals surface area contributed by atoms with Crippen molar-refractivity contribution < 1.29 is 19.2 Å². The summed E-state index contributed by atoms with van der Waals surface area (Å²) in [5, 5.41) is 15.8. The summed E-state index contributed by atoms with van der Waals surface area (Å²) in [6.45, 7) is 5.66. The van der Waals surface area contributed by atoms with Gasteiger partial charge in [0.2, 0.25) is 12.7 Å². The van der Waals surface area contributed by atoms with E-state index in [1.807, 2.05) is 0 Å². The van der Waals surface area contributed by atoms with Crippen molar-refractivity contribution in [3.8, 4) is 11.5 Å². The Morgan fingerprint density at radius 1 is 1.10 bits per heavy atom. The molecule has 40 heavy (non-hydrogen) atoms. The highest BCUT2D eigenvalue weighted by Gasteiger charge is 2.29. The molecule has 1 aliphatic carbocycles. The summed E-state index contributed by atoms with van der Waals surface area (Å²) in [6.07, 6.45) is 7.53. The normalized spacial score (nSPS) is 21.2. The Morgan fingerprint density at radius 3 is 2.65 bits per heavy atom. The van der Waals surface area contributed by atoms with E-state index in [9.17, 15) is 14.9 Å². The van der Waals surface area contributed by atoms with Crippen molar-refractivity contribution in [3.63, 3.8) is 0 Å². The van der Waals surface area contributed by atoms with Crippen LogP contribution in [-0.2, 0) is 4.79 Å². The minimum atomic E-state index is -0.481. The summed E-state index contributed by atoms with van der Waals surface area (Å²) >= 11 is 1.57. The molecule has 2 atom stereocenters. The Labute approximate surface area is 236 Å². The molecule has 210 valence electrons. The molecule has 1 aromatic heterocycles. The zero-order valence-corrected chi connectivity index (χ0v) is 23.1. The fourth-order valence-electron chi connectivity index (χ4n) is 6.06. The summed E-state index contributed by atoms with van der Waals surface area (Å²) in [4.78, 5) is 28.7. The van der Waals surface area contributed by atoms with E-state index in [1.54, 1.807) is 11.5 Å². The molecule has 2 aromatic carbocycles. The average molecular weight is 564 g/mol. The Morgan fingerprint density at radius 2 is 1.85 bits per heavy atom. The van der Waals surface area contributed by atoms with Gasteiger partial charge in [-0.1, -0.05) is 25.0 Å². The van der Waals surface area contributed by atoms with E-state index in [0.29, 0.717) is 35.4 Å². The molecule has 6 rings (SSSR count). The number of rotatable bonds is 8. The van der Waals surface area contributed by atoms with Crippen LogP contribution in [-0.4, -0.2) is 66.2 Å². The molecule has 11 heteroatoms. The molecule has 1 N–H and O–H groups in total. The van der Waals surface area contributed by atoms with Gasteiger partial charge in [-0.2, -0.15) is 4.37 Å². The van der Waals surface area contributed by atoms with Crippen molar-refractivity contribution in [2.45, 2.75) is 25.7 Å². The first-order chi connectivity index (χ1) is 19.5. The number of anilines is 1. The third-order valence-electron chi connectivity index (χ3n) is 8.26. The lowest BCUT2D eigenvalue weighted by molar-refractivity contribution is -0.385. The lowest BCUT2D eigenvalue weighted by Gasteiger charge is -2.40. The van der Waals surface area contributed by atoms with Crippen LogP contribution in [0.15, 0.2) is 42.5 Å². The minimum absolute atomic E-state index is 0.0291. The van der Waals surface area contributed by atoms with Crippen LogP contribution in [0.3, 0.4) is 0 Å². The monoisotopic (exact) mass is 563 g/mol. The van der Waals surface area contributed by atoms with Crippen molar-refractivity contribution >= 4 is 45.1 Å². The van der Waals surface area contributed by atoms with E-state index in [0.717, 1.165) is 45.0 Å². The number of amides is 1. The van der Waals surface area contributed by atoms with Gasteiger partial charge in [-0.25, -0.2) is 0 Å². The van der Waals surface area contributed by atoms with Crippen LogP contribution in [0.4, 0.5) is 11.5 Å². The van der Waals surface area contributed by atoms with E-state index < -0.39 is 4.92 Å². The molecule has 3 aromatic rings. The van der Waals surface area contributed by atoms with Crippen molar-refractivity contribution in [2.75, 3.05) is 51.0 Å². The molecule has 1 amide bonds. The number of carbonyl (C=O) groups excluding carboxylic acids is 1. The second-order valence-corrected chi connectivity index (χ2v) is 11.5. The molecule has 0 radical (unpaired) electrons. The number of fused-ring (bicyclic) bond motifs is 2. The van der Waals surface area contributed by atoms with E-state index in [4.69, 9.17) is 13.8 Å². The van der Waals surface area contributed by atoms with E-state index in [1.165, 1.54) is 53.6 Å². The van der Waals surface area contributed by atoms with Gasteiger partial charge in [0.05, 0.1) is 21.3 Å². The number of aromatic nitrogens is 1. The van der Waals surface area contributed by atoms with Crippen LogP contribution in [0, 0.1) is 22.0 Å². The van der Waals surface area contributed by atoms with Crippen molar-refractivity contribution in [2.24, 2.45) is 11.8 Å². The van der Waals surface area contributed by atoms with E-state index >= 15 is 0 Å². The molecule has 0 bridgehead atoms. The molecular formula is C29H33N5O5S. The molecule has 2 fully saturated rings. The highest BCUT2D eigenvalue weighted by atomic mass is 32.1. The quantitative estimate of drug-likeness (QED) is 0.239. The smallest absolute Gasteiger partial charge is 0.280 e. The number of nitrogens with one attached hydrogen (secondary N) is 1. The standard InChI is InChI=1S/C29H33N5O5S/c35-28(10-9-20-15-25-26(39-19-38-25)16-24(20)34(36)37)30-17-21-5-1-2-6-22(21)18-32-11-13-33(14-12-32)29-23-7-3-4-8-27(23)40-31-29/h3-4,7-10,15-16,21-22H,1-2,5-6,11-14,17-19H2,(H,30,35)/b10-9+/t21-,22+/m1/s1. The zero-order chi connectivity index (χ0) is 27.5. The van der Waals surface area contributed by atoms with Crippen LogP contribution < -0.4 is 19.7 Å². The van der Waals surface area contributed by atoms with Crippen LogP contribution in [0.1, 0.15) is 31.2 Å². The van der Waals surface area contributed by atoms with Crippen molar-refractivity contribution in [1.82, 2.24) is 14.6 Å². The maximum absolute atomic E-state index is 12.7. The highest BCUT2D eigenvalue weighted by Crippen LogP contribution is 2.38. The van der Waals surface area contributed by atoms with Gasteiger partial charge in [-0.3, -0.25) is 19.8 Å². The number of nitro groups is 1. The Kier molecular flexibility index (Phi) is 7.83. The summed E-state index contributed by atoms with van der Waals surface area (Å²) in [5.41, 5.74) is 0.188. The Bertz CT molecular complexity index is 1420. The highest BCUT2D eigenvalue weighted by molar-refractivity contribution is 7.13. The molecule has 0 spiro atoms. The SMILES string of the molecule is O=C(/C=C/c1cc2c(cc1[N+](=O)[O-])OCO2)NC[C@H]1CCCC[C@H]1CN1CCN(c2nsc3ccccc23)CC1. The third-order valence-corrected chi connectivity index (χ3v) is 9.08. The maximum Gasteiger partial charge on any atom is 0.280 e. The average Bonchev–Trinajstić information content (AvgIpc) is 3.62. The maximum atomic E-state index is 12.7. The Balaban J connectivity index is 1.02. The first-order valence-electron chi connectivity index (χ1n) is 13.9. The molecule has 3 aliphatic rings. The predicted octanol–water partition coefficient (Wildman–Crippen LogP) is 4.69. The second-order valence-electron chi connectivity index (χ2n) is 10.7. The summed E-state index contributed by atoms with van der Waals surface area (Å²) < 4.78 is 16.5. The van der Waals surface area contributed by atoms with Gasteiger partial charge in [0.25, 0.3) is 5.69 Å². The molecule has 2 aliphatic heterocycles. The largest absolute Gasteiger partial charge is 0.454 e. The second kappa shape index (κ2) is 11.8. The van der Waals surface area contributed by atoms with Gasteiger partial charge in [0.1, 0.15) is 5.82 Å². The number of nitrogens with zero attached hydrogens (tertiary/aromatic N) is 4. The van der Waals surface area contributed by atoms with Crippen LogP contribution in [0.5, 0.6) is 11.5 Å². The molecule has 0 unspecified atom stereocenters. The molecule has 1 saturated carbocycles. The van der Waals surface area contributed by atoms with Crippen LogP contribution in [0.2, 0.25) is 0 Å². The predicted molar refractivity (Wildman–Crippen MR) is 155 cm³/mol. The van der Waals surface area contributed by atoms with Gasteiger partial charge in [-0.05, 0) is 60.5 Å². The topological polar surface area (TPSA) is 110 Å². The molecule has 1 saturated heterocycles. The minimum Gasteiger partial charge on any atom is -0.454 e. The fraction of sp³-hybridized carbons (Fsp3) is 0.448. The van der Waals surface area contributed by atoms with E-state index in [-0.39, 0.29) is 18.4 Å². The summed E-state index contributed by atoms with van der Waals surface area (Å²) in [5.74, 6) is 2.61. The van der Waals surface area contributed by atoms with Gasteiger partial charge in [-0.15, -0.1) is 0 Å². The summed E-state index contributed by atoms with van der Waals surface area (Å²) in [7, 11) is 0. The van der Waals surface area contributed by atoms with Crippen LogP contribution >= 0.6 is 11.5 Å². The lowest BCUT2D eigenvalue weighted by Crippen LogP contribution is -2.49. The van der Waals surface area contributed by atoms with Crippen molar-refractivity contribution in [3.05, 3.63) is 58.2 Å². The van der Waals surface area contributed by atoms with Gasteiger partial charge >= 0.3 is 0 Å². The van der Waals surface area contributed by atoms with Gasteiger partial charge in [0, 0.05) is 50.7 Å². The number of benzene rings is 2. The zero-order valence-electron chi connectivity index (χ0n) is 22.3. The van der Waals surface area contributed by atoms with Gasteiger partial charge in [0.15, 0.2) is 11.5 Å². The third kappa shape index (κ3) is 5.75. The number of nitro benzene ring substituents is 1. The van der Waals surface area contributed by atoms with Crippen molar-refractivity contribution in [1.29, 1.82) is 0 Å². The summed E-state index contributed by atoms with van der Waals surface area (Å²) in [6, 6.07) is 11.3. The fourth-order valence-corrected chi connectivity index (χ4v) is 6.86. The van der Waals surface area contributed by atoms with Gasteiger partial charge < -0.3 is 19.7 Å². The first-order valence-corrected chi connectivity index (χ1v) is 14.7. The number of ether oxygens (including phenoxy) is 2. The Hall–Kier alpha value is -3.70. The van der Waals surface area contributed by atoms with E-state index in [2.05, 4.69) is 39.4 Å². The molecular weight excluding hydrogens is 530 g/mol. The first kappa shape index (κ1) is 26.5.